The third-order valence-corrected chi connectivity index (χ3v) is 3.87. The predicted molar refractivity (Wildman–Crippen MR) is 65.6 cm³/mol. The van der Waals surface area contributed by atoms with Gasteiger partial charge in [0, 0.05) is 38.8 Å². The van der Waals surface area contributed by atoms with E-state index >= 15 is 0 Å². The molecule has 1 rings (SSSR count). The van der Waals surface area contributed by atoms with E-state index in [1.807, 2.05) is 11.6 Å². The Labute approximate surface area is 106 Å². The lowest BCUT2D eigenvalue weighted by Crippen LogP contribution is -2.29. The summed E-state index contributed by atoms with van der Waals surface area (Å²) >= 11 is 0. The van der Waals surface area contributed by atoms with Crippen LogP contribution in [-0.2, 0) is 28.3 Å². The van der Waals surface area contributed by atoms with Crippen molar-refractivity contribution in [1.29, 1.82) is 0 Å². The number of carboxylic acids is 1. The van der Waals surface area contributed by atoms with Crippen LogP contribution in [0.1, 0.15) is 18.7 Å². The van der Waals surface area contributed by atoms with Gasteiger partial charge in [-0.15, -0.1) is 0 Å². The van der Waals surface area contributed by atoms with Crippen LogP contribution >= 0.6 is 0 Å². The Hall–Kier alpha value is -1.41. The van der Waals surface area contributed by atoms with E-state index in [2.05, 4.69) is 9.71 Å². The lowest BCUT2D eigenvalue weighted by atomic mass is 10.3. The average Bonchev–Trinajstić information content (AvgIpc) is 2.63. The highest BCUT2D eigenvalue weighted by atomic mass is 32.2. The number of imidazole rings is 1. The molecule has 0 aromatic carbocycles. The van der Waals surface area contributed by atoms with Gasteiger partial charge >= 0.3 is 5.97 Å². The molecular weight excluding hydrogens is 258 g/mol. The number of carbonyl (C=O) groups is 1. The SMILES string of the molecule is Cn1ccnc1CCNS(=O)(=O)CCCC(=O)O. The Bertz CT molecular complexity index is 495. The topological polar surface area (TPSA) is 101 Å². The van der Waals surface area contributed by atoms with Crippen molar-refractivity contribution in [2.75, 3.05) is 12.3 Å². The number of hydrogen-bond donors (Lipinski definition) is 2. The van der Waals surface area contributed by atoms with E-state index in [0.29, 0.717) is 6.42 Å². The van der Waals surface area contributed by atoms with E-state index in [1.165, 1.54) is 0 Å². The summed E-state index contributed by atoms with van der Waals surface area (Å²) in [5, 5.41) is 8.42. The maximum absolute atomic E-state index is 11.5. The molecule has 1 heterocycles. The molecule has 102 valence electrons. The molecule has 0 spiro atoms. The number of aromatic nitrogens is 2. The minimum absolute atomic E-state index is 0.118. The van der Waals surface area contributed by atoms with Gasteiger partial charge in [-0.2, -0.15) is 0 Å². The van der Waals surface area contributed by atoms with Crippen LogP contribution in [0.5, 0.6) is 0 Å². The number of hydrogen-bond acceptors (Lipinski definition) is 4. The van der Waals surface area contributed by atoms with Crippen molar-refractivity contribution in [3.8, 4) is 0 Å². The fourth-order valence-corrected chi connectivity index (χ4v) is 2.52. The summed E-state index contributed by atoms with van der Waals surface area (Å²) in [5.74, 6) is -0.360. The number of sulfonamides is 1. The Morgan fingerprint density at radius 3 is 2.83 bits per heavy atom. The van der Waals surface area contributed by atoms with Crippen LogP contribution in [0, 0.1) is 0 Å². The molecular formula is C10H17N3O4S. The van der Waals surface area contributed by atoms with Gasteiger partial charge in [0.2, 0.25) is 10.0 Å². The molecule has 7 nitrogen and oxygen atoms in total. The van der Waals surface area contributed by atoms with Crippen molar-refractivity contribution in [2.24, 2.45) is 7.05 Å². The highest BCUT2D eigenvalue weighted by Gasteiger charge is 2.11. The minimum atomic E-state index is -3.39. The molecule has 1 aromatic heterocycles. The second-order valence-electron chi connectivity index (χ2n) is 3.91. The van der Waals surface area contributed by atoms with Gasteiger partial charge in [0.25, 0.3) is 0 Å². The molecule has 8 heteroatoms. The number of nitrogens with zero attached hydrogens (tertiary/aromatic N) is 2. The van der Waals surface area contributed by atoms with Gasteiger partial charge in [0.05, 0.1) is 5.75 Å². The summed E-state index contributed by atoms with van der Waals surface area (Å²) < 4.78 is 27.2. The van der Waals surface area contributed by atoms with Crippen molar-refractivity contribution < 1.29 is 18.3 Å². The fourth-order valence-electron chi connectivity index (χ4n) is 1.44. The Morgan fingerprint density at radius 2 is 2.28 bits per heavy atom. The molecule has 0 saturated carbocycles. The van der Waals surface area contributed by atoms with Crippen LogP contribution in [0.4, 0.5) is 0 Å². The summed E-state index contributed by atoms with van der Waals surface area (Å²) in [4.78, 5) is 14.3. The lowest BCUT2D eigenvalue weighted by molar-refractivity contribution is -0.137. The molecule has 0 aliphatic carbocycles. The average molecular weight is 275 g/mol. The summed E-state index contributed by atoms with van der Waals surface area (Å²) in [6.45, 7) is 0.264. The van der Waals surface area contributed by atoms with Gasteiger partial charge in [-0.1, -0.05) is 0 Å². The van der Waals surface area contributed by atoms with Crippen molar-refractivity contribution in [1.82, 2.24) is 14.3 Å². The van der Waals surface area contributed by atoms with Gasteiger partial charge in [0.1, 0.15) is 5.82 Å². The van der Waals surface area contributed by atoms with Crippen LogP contribution in [-0.4, -0.2) is 41.3 Å². The Morgan fingerprint density at radius 1 is 1.56 bits per heavy atom. The number of carboxylic acid groups (broad SMARTS) is 1. The first-order valence-electron chi connectivity index (χ1n) is 5.56. The maximum Gasteiger partial charge on any atom is 0.303 e. The highest BCUT2D eigenvalue weighted by molar-refractivity contribution is 7.89. The molecule has 0 saturated heterocycles. The quantitative estimate of drug-likeness (QED) is 0.681. The molecule has 0 radical (unpaired) electrons. The highest BCUT2D eigenvalue weighted by Crippen LogP contribution is 1.97. The van der Waals surface area contributed by atoms with Crippen molar-refractivity contribution in [3.05, 3.63) is 18.2 Å². The van der Waals surface area contributed by atoms with Crippen LogP contribution in [0.15, 0.2) is 12.4 Å². The molecule has 0 amide bonds. The third-order valence-electron chi connectivity index (χ3n) is 2.40. The number of aliphatic carboxylic acids is 1. The predicted octanol–water partition coefficient (Wildman–Crippen LogP) is -0.253. The van der Waals surface area contributed by atoms with E-state index in [0.717, 1.165) is 5.82 Å². The first kappa shape index (κ1) is 14.7. The standard InChI is InChI=1S/C10H17N3O4S/c1-13-7-6-11-9(13)4-5-12-18(16,17)8-2-3-10(14)15/h6-7,12H,2-5,8H2,1H3,(H,14,15). The summed E-state index contributed by atoms with van der Waals surface area (Å²) in [5.41, 5.74) is 0. The van der Waals surface area contributed by atoms with E-state index in [9.17, 15) is 13.2 Å². The van der Waals surface area contributed by atoms with Crippen LogP contribution in [0.25, 0.3) is 0 Å². The molecule has 0 unspecified atom stereocenters. The zero-order valence-electron chi connectivity index (χ0n) is 10.2. The zero-order valence-corrected chi connectivity index (χ0v) is 11.0. The van der Waals surface area contributed by atoms with E-state index < -0.39 is 16.0 Å². The summed E-state index contributed by atoms with van der Waals surface area (Å²) in [6.07, 6.45) is 3.92. The maximum atomic E-state index is 11.5. The molecule has 0 bridgehead atoms. The first-order valence-corrected chi connectivity index (χ1v) is 7.21. The van der Waals surface area contributed by atoms with Gasteiger partial charge < -0.3 is 9.67 Å². The van der Waals surface area contributed by atoms with E-state index in [1.54, 1.807) is 12.4 Å². The van der Waals surface area contributed by atoms with Crippen molar-refractivity contribution >= 4 is 16.0 Å². The van der Waals surface area contributed by atoms with E-state index in [4.69, 9.17) is 5.11 Å². The van der Waals surface area contributed by atoms with Crippen molar-refractivity contribution in [2.45, 2.75) is 19.3 Å². The molecule has 0 aliphatic rings. The smallest absolute Gasteiger partial charge is 0.303 e. The molecule has 18 heavy (non-hydrogen) atoms. The molecule has 0 atom stereocenters. The molecule has 0 aliphatic heterocycles. The second kappa shape index (κ2) is 6.50. The second-order valence-corrected chi connectivity index (χ2v) is 5.84. The Kier molecular flexibility index (Phi) is 5.29. The van der Waals surface area contributed by atoms with Crippen LogP contribution < -0.4 is 4.72 Å². The van der Waals surface area contributed by atoms with Crippen LogP contribution in [0.2, 0.25) is 0 Å². The van der Waals surface area contributed by atoms with Gasteiger partial charge in [-0.05, 0) is 6.42 Å². The van der Waals surface area contributed by atoms with Gasteiger partial charge in [-0.3, -0.25) is 4.79 Å². The zero-order chi connectivity index (χ0) is 13.6. The van der Waals surface area contributed by atoms with Gasteiger partial charge in [-0.25, -0.2) is 18.1 Å². The number of nitrogens with one attached hydrogen (secondary N) is 1. The number of aryl methyl sites for hydroxylation is 1. The van der Waals surface area contributed by atoms with E-state index in [-0.39, 0.29) is 25.1 Å². The van der Waals surface area contributed by atoms with Gasteiger partial charge in [0.15, 0.2) is 0 Å². The van der Waals surface area contributed by atoms with Crippen molar-refractivity contribution in [3.63, 3.8) is 0 Å². The molecule has 1 aromatic rings. The minimum Gasteiger partial charge on any atom is -0.481 e. The summed E-state index contributed by atoms with van der Waals surface area (Å²) in [6, 6.07) is 0. The first-order chi connectivity index (χ1) is 8.41. The summed E-state index contributed by atoms with van der Waals surface area (Å²) in [7, 11) is -1.56. The van der Waals surface area contributed by atoms with Crippen LogP contribution in [0.3, 0.4) is 0 Å². The molecule has 2 N–H and O–H groups in total. The molecule has 0 fully saturated rings. The largest absolute Gasteiger partial charge is 0.481 e. The Balaban J connectivity index is 2.29. The number of rotatable bonds is 8. The lowest BCUT2D eigenvalue weighted by Gasteiger charge is -2.06. The fraction of sp³-hybridized carbons (Fsp3) is 0.600. The normalized spacial score (nSPS) is 11.6. The third kappa shape index (κ3) is 5.28. The monoisotopic (exact) mass is 275 g/mol.